The number of nitrogens with zero attached hydrogens (tertiary/aromatic N) is 2. The van der Waals surface area contributed by atoms with Gasteiger partial charge in [-0.25, -0.2) is 11.6 Å². The molecule has 0 bridgehead atoms. The Morgan fingerprint density at radius 3 is 2.00 bits per heavy atom. The van der Waals surface area contributed by atoms with Crippen LogP contribution in [0, 0.1) is 12.1 Å². The van der Waals surface area contributed by atoms with Gasteiger partial charge in [0.05, 0.1) is 5.56 Å². The quantitative estimate of drug-likeness (QED) is 0.412. The predicted molar refractivity (Wildman–Crippen MR) is 113 cm³/mol. The number of aromatic nitrogens is 2. The van der Waals surface area contributed by atoms with E-state index < -0.39 is 0 Å². The summed E-state index contributed by atoms with van der Waals surface area (Å²) >= 11 is 0. The summed E-state index contributed by atoms with van der Waals surface area (Å²) in [6.07, 6.45) is 0.731. The molecule has 0 amide bonds. The van der Waals surface area contributed by atoms with E-state index in [1.807, 2.05) is 71.0 Å². The monoisotopic (exact) mass is 639 g/mol. The number of hydrogen-bond acceptors (Lipinski definition) is 2. The number of benzene rings is 2. The smallest absolute Gasteiger partial charge is 0.275 e. The number of aromatic hydroxyl groups is 1. The topological polar surface area (TPSA) is 47.2 Å². The Bertz CT molecular complexity index is 919. The van der Waals surface area contributed by atoms with Gasteiger partial charge in [0, 0.05) is 67.9 Å². The molecule has 0 unspecified atom stereocenters. The fourth-order valence-corrected chi connectivity index (χ4v) is 2.65. The van der Waals surface area contributed by atoms with E-state index in [0.29, 0.717) is 5.56 Å². The summed E-state index contributed by atoms with van der Waals surface area (Å²) < 4.78 is 2.82. The van der Waals surface area contributed by atoms with Gasteiger partial charge in [0.15, 0.2) is 0 Å². The van der Waals surface area contributed by atoms with E-state index in [1.54, 1.807) is 14.1 Å². The van der Waals surface area contributed by atoms with E-state index in [2.05, 4.69) is 12.1 Å². The molecule has 1 radical (unpaired) electrons. The fraction of sp³-hybridized carbons (Fsp3) is 0.348. The summed E-state index contributed by atoms with van der Waals surface area (Å²) in [4.78, 5) is 12.5. The van der Waals surface area contributed by atoms with E-state index in [9.17, 15) is 9.90 Å². The average molecular weight is 639 g/mol. The number of aryl methyl sites for hydroxylation is 1. The Morgan fingerprint density at radius 1 is 1.00 bits per heavy atom. The molecule has 0 aliphatic carbocycles. The maximum Gasteiger partial charge on any atom is 0.275 e. The molecule has 6 heteroatoms. The molecule has 0 saturated heterocycles. The molecule has 1 aromatic heterocycles. The first-order valence-electron chi connectivity index (χ1n) is 9.52. The zero-order chi connectivity index (χ0) is 20.6. The maximum absolute atomic E-state index is 12.5. The zero-order valence-electron chi connectivity index (χ0n) is 18.4. The van der Waals surface area contributed by atoms with Gasteiger partial charge in [0.2, 0.25) is 5.88 Å². The average Bonchev–Trinajstić information content (AvgIpc) is 2.94. The van der Waals surface area contributed by atoms with Crippen LogP contribution in [-0.2, 0) is 74.3 Å². The van der Waals surface area contributed by atoms with Crippen molar-refractivity contribution in [2.75, 3.05) is 0 Å². The van der Waals surface area contributed by atoms with Crippen LogP contribution in [0.1, 0.15) is 40.2 Å². The van der Waals surface area contributed by atoms with E-state index in [-0.39, 0.29) is 70.8 Å². The van der Waals surface area contributed by atoms with Crippen LogP contribution in [0.5, 0.6) is 5.88 Å². The molecule has 0 atom stereocenters. The molecule has 0 saturated carbocycles. The van der Waals surface area contributed by atoms with Crippen LogP contribution in [0.25, 0.3) is 22.3 Å². The van der Waals surface area contributed by atoms with Crippen LogP contribution < -0.4 is 5.56 Å². The second-order valence-corrected chi connectivity index (χ2v) is 5.46. The van der Waals surface area contributed by atoms with Gasteiger partial charge in [0.25, 0.3) is 5.56 Å². The Hall–Kier alpha value is -0.958. The molecule has 29 heavy (non-hydrogen) atoms. The predicted octanol–water partition coefficient (Wildman–Crippen LogP) is 4.97. The Kier molecular flexibility index (Phi) is 15.6. The molecular weight excluding hydrogens is 609 g/mol. The second-order valence-electron chi connectivity index (χ2n) is 5.46. The van der Waals surface area contributed by atoms with Crippen molar-refractivity contribution in [3.63, 3.8) is 0 Å². The Morgan fingerprint density at radius 2 is 1.55 bits per heavy atom. The Balaban J connectivity index is 0. The molecule has 3 aromatic rings. The van der Waals surface area contributed by atoms with Crippen molar-refractivity contribution in [3.05, 3.63) is 64.4 Å². The normalized spacial score (nSPS) is 9.07. The third-order valence-electron chi connectivity index (χ3n) is 4.14. The van der Waals surface area contributed by atoms with Crippen molar-refractivity contribution < 1.29 is 58.9 Å². The fourth-order valence-electron chi connectivity index (χ4n) is 2.65. The summed E-state index contributed by atoms with van der Waals surface area (Å²) in [6, 6.07) is 18.2. The van der Waals surface area contributed by atoms with Crippen LogP contribution in [0.2, 0.25) is 0 Å². The van der Waals surface area contributed by atoms with Crippen molar-refractivity contribution in [2.24, 2.45) is 14.1 Å². The SMILES string of the molecule is CC.CC.CCc1c[c-]c(-c2ccccc2)[c-]c1-c1c(O)n(C)n(C)c1=O.[W].[Y]. The molecule has 2 aromatic carbocycles. The molecule has 0 aliphatic rings. The van der Waals surface area contributed by atoms with Crippen LogP contribution in [0.3, 0.4) is 0 Å². The van der Waals surface area contributed by atoms with Crippen molar-refractivity contribution in [3.8, 4) is 28.1 Å². The third-order valence-corrected chi connectivity index (χ3v) is 4.14. The minimum atomic E-state index is -0.235. The summed E-state index contributed by atoms with van der Waals surface area (Å²) in [6.45, 7) is 10.0. The van der Waals surface area contributed by atoms with Gasteiger partial charge in [-0.15, -0.1) is 12.1 Å². The molecule has 0 aliphatic heterocycles. The van der Waals surface area contributed by atoms with Crippen LogP contribution in [0.15, 0.2) is 41.2 Å². The maximum atomic E-state index is 12.5. The number of rotatable bonds is 3. The first-order chi connectivity index (χ1) is 13.0. The molecule has 1 N–H and O–H groups in total. The molecule has 0 fully saturated rings. The van der Waals surface area contributed by atoms with Crippen LogP contribution in [-0.4, -0.2) is 14.5 Å². The van der Waals surface area contributed by atoms with Crippen molar-refractivity contribution in [1.82, 2.24) is 9.36 Å². The van der Waals surface area contributed by atoms with Crippen LogP contribution >= 0.6 is 0 Å². The number of hydrogen-bond donors (Lipinski definition) is 1. The first kappa shape index (κ1) is 30.2. The van der Waals surface area contributed by atoms with Gasteiger partial charge in [-0.1, -0.05) is 59.2 Å². The summed E-state index contributed by atoms with van der Waals surface area (Å²) in [7, 11) is 3.28. The summed E-state index contributed by atoms with van der Waals surface area (Å²) in [5.74, 6) is -0.0475. The van der Waals surface area contributed by atoms with E-state index in [1.165, 1.54) is 9.36 Å². The van der Waals surface area contributed by atoms with Crippen molar-refractivity contribution in [1.29, 1.82) is 0 Å². The zero-order valence-corrected chi connectivity index (χ0v) is 24.2. The molecule has 3 rings (SSSR count). The molecule has 155 valence electrons. The minimum Gasteiger partial charge on any atom is -0.493 e. The standard InChI is InChI=1S/C19H18N2O2.2C2H6.W.Y/c1-4-13-10-11-15(14-8-6-5-7-9-14)12-16(13)17-18(22)20(2)21(3)19(17)23;2*1-2;;/h5-10,22H,4H2,1-3H3;2*1-2H3;;/q-2;;;;. The van der Waals surface area contributed by atoms with Gasteiger partial charge >= 0.3 is 0 Å². The van der Waals surface area contributed by atoms with Gasteiger partial charge < -0.3 is 5.11 Å². The van der Waals surface area contributed by atoms with Gasteiger partial charge in [-0.2, -0.15) is 11.1 Å². The van der Waals surface area contributed by atoms with E-state index in [0.717, 1.165) is 23.1 Å². The molecular formula is C23H30N2O2WY-2. The van der Waals surface area contributed by atoms with Gasteiger partial charge in [0.1, 0.15) is 0 Å². The van der Waals surface area contributed by atoms with Crippen LogP contribution in [0.4, 0.5) is 0 Å². The third kappa shape index (κ3) is 6.77. The minimum absolute atomic E-state index is 0. The van der Waals surface area contributed by atoms with Crippen molar-refractivity contribution >= 4 is 0 Å². The van der Waals surface area contributed by atoms with Crippen molar-refractivity contribution in [2.45, 2.75) is 41.0 Å². The first-order valence-corrected chi connectivity index (χ1v) is 9.52. The molecule has 0 spiro atoms. The summed E-state index contributed by atoms with van der Waals surface area (Å²) in [5.41, 5.74) is 3.39. The van der Waals surface area contributed by atoms with Gasteiger partial charge in [-0.3, -0.25) is 31.9 Å². The Labute approximate surface area is 214 Å². The van der Waals surface area contributed by atoms with E-state index >= 15 is 0 Å². The largest absolute Gasteiger partial charge is 0.493 e. The summed E-state index contributed by atoms with van der Waals surface area (Å²) in [5, 5.41) is 10.3. The molecule has 4 nitrogen and oxygen atoms in total. The molecule has 1 heterocycles. The van der Waals surface area contributed by atoms with Gasteiger partial charge in [-0.05, 0) is 0 Å². The van der Waals surface area contributed by atoms with E-state index in [4.69, 9.17) is 0 Å². The second kappa shape index (κ2) is 14.9.